The fourth-order valence-corrected chi connectivity index (χ4v) is 2.56. The van der Waals surface area contributed by atoms with Gasteiger partial charge in [-0.15, -0.1) is 6.42 Å². The van der Waals surface area contributed by atoms with E-state index in [-0.39, 0.29) is 18.0 Å². The fourth-order valence-electron chi connectivity index (χ4n) is 2.56. The standard InChI is InChI=1S/C17H23N3O6/c1-4-6-7-8-25-17(24)19-14-11(5-2)9-20(16(23)18-14)15-13(22)12(21)10(3)26-15/h2,9-10,12-13,15,21-22H,4,6-8H2,1,3H3,(H,18,19,23,24)/t10-,12?,13?,15-/m1/s1. The molecule has 2 unspecified atom stereocenters. The van der Waals surface area contributed by atoms with Crippen molar-refractivity contribution in [1.29, 1.82) is 0 Å². The number of unbranched alkanes of at least 4 members (excludes halogenated alkanes) is 2. The highest BCUT2D eigenvalue weighted by Gasteiger charge is 2.42. The first kappa shape index (κ1) is 19.9. The van der Waals surface area contributed by atoms with Gasteiger partial charge in [-0.3, -0.25) is 9.88 Å². The average Bonchev–Trinajstić information content (AvgIpc) is 2.86. The summed E-state index contributed by atoms with van der Waals surface area (Å²) >= 11 is 0. The molecule has 1 fully saturated rings. The Bertz CT molecular complexity index is 741. The van der Waals surface area contributed by atoms with Crippen LogP contribution >= 0.6 is 0 Å². The van der Waals surface area contributed by atoms with E-state index in [2.05, 4.69) is 16.2 Å². The van der Waals surface area contributed by atoms with Crippen LogP contribution in [0, 0.1) is 12.3 Å². The summed E-state index contributed by atoms with van der Waals surface area (Å²) in [6, 6.07) is 0. The summed E-state index contributed by atoms with van der Waals surface area (Å²) in [4.78, 5) is 27.8. The lowest BCUT2D eigenvalue weighted by atomic mass is 10.1. The summed E-state index contributed by atoms with van der Waals surface area (Å²) in [5.41, 5.74) is -0.685. The predicted molar refractivity (Wildman–Crippen MR) is 92.5 cm³/mol. The highest BCUT2D eigenvalue weighted by Crippen LogP contribution is 2.28. The van der Waals surface area contributed by atoms with Gasteiger partial charge in [-0.1, -0.05) is 25.7 Å². The third-order valence-corrected chi connectivity index (χ3v) is 4.06. The fraction of sp³-hybridized carbons (Fsp3) is 0.588. The van der Waals surface area contributed by atoms with E-state index in [1.807, 2.05) is 6.92 Å². The highest BCUT2D eigenvalue weighted by atomic mass is 16.6. The number of anilines is 1. The predicted octanol–water partition coefficient (Wildman–Crippen LogP) is 0.602. The summed E-state index contributed by atoms with van der Waals surface area (Å²) in [5.74, 6) is 2.20. The molecule has 9 heteroatoms. The number of aliphatic hydroxyl groups is 2. The second-order valence-corrected chi connectivity index (χ2v) is 6.02. The Hall–Kier alpha value is -2.41. The number of carbonyl (C=O) groups is 1. The molecule has 9 nitrogen and oxygen atoms in total. The topological polar surface area (TPSA) is 123 Å². The number of hydrogen-bond acceptors (Lipinski definition) is 7. The van der Waals surface area contributed by atoms with Crippen LogP contribution in [0.25, 0.3) is 0 Å². The third kappa shape index (κ3) is 4.40. The number of hydrogen-bond donors (Lipinski definition) is 3. The molecule has 3 N–H and O–H groups in total. The van der Waals surface area contributed by atoms with Crippen molar-refractivity contribution in [3.63, 3.8) is 0 Å². The lowest BCUT2D eigenvalue weighted by molar-refractivity contribution is -0.0350. The monoisotopic (exact) mass is 365 g/mol. The minimum atomic E-state index is -1.31. The number of nitrogens with one attached hydrogen (secondary N) is 1. The summed E-state index contributed by atoms with van der Waals surface area (Å²) in [7, 11) is 0. The van der Waals surface area contributed by atoms with Gasteiger partial charge in [0.05, 0.1) is 18.3 Å². The van der Waals surface area contributed by atoms with Crippen molar-refractivity contribution in [3.05, 3.63) is 22.2 Å². The van der Waals surface area contributed by atoms with Crippen molar-refractivity contribution in [2.45, 2.75) is 57.6 Å². The third-order valence-electron chi connectivity index (χ3n) is 4.06. The van der Waals surface area contributed by atoms with Gasteiger partial charge in [0.2, 0.25) is 0 Å². The van der Waals surface area contributed by atoms with Gasteiger partial charge in [0.1, 0.15) is 12.2 Å². The maximum absolute atomic E-state index is 12.3. The number of aliphatic hydroxyl groups excluding tert-OH is 2. The molecule has 1 amide bonds. The minimum absolute atomic E-state index is 0.111. The van der Waals surface area contributed by atoms with Crippen molar-refractivity contribution in [2.75, 3.05) is 11.9 Å². The summed E-state index contributed by atoms with van der Waals surface area (Å²) in [5, 5.41) is 22.2. The molecular formula is C17H23N3O6. The normalized spacial score (nSPS) is 24.9. The Kier molecular flexibility index (Phi) is 6.74. The SMILES string of the molecule is C#Cc1cn([C@@H]2O[C@H](C)C(O)C2O)c(=O)nc1NC(=O)OCCCCC. The van der Waals surface area contributed by atoms with Crippen LogP contribution in [0.2, 0.25) is 0 Å². The van der Waals surface area contributed by atoms with Gasteiger partial charge in [-0.25, -0.2) is 9.59 Å². The largest absolute Gasteiger partial charge is 0.449 e. The Morgan fingerprint density at radius 1 is 1.46 bits per heavy atom. The maximum atomic E-state index is 12.3. The zero-order valence-corrected chi connectivity index (χ0v) is 14.7. The number of carbonyl (C=O) groups excluding carboxylic acids is 1. The van der Waals surface area contributed by atoms with Crippen LogP contribution in [0.3, 0.4) is 0 Å². The molecular weight excluding hydrogens is 342 g/mol. The first-order valence-corrected chi connectivity index (χ1v) is 8.44. The molecule has 0 bridgehead atoms. The molecule has 142 valence electrons. The molecule has 0 saturated carbocycles. The van der Waals surface area contributed by atoms with Crippen molar-refractivity contribution < 1.29 is 24.5 Å². The Morgan fingerprint density at radius 2 is 2.19 bits per heavy atom. The molecule has 2 heterocycles. The van der Waals surface area contributed by atoms with Crippen LogP contribution in [0.5, 0.6) is 0 Å². The second-order valence-electron chi connectivity index (χ2n) is 6.02. The Balaban J connectivity index is 2.16. The molecule has 1 aromatic heterocycles. The number of nitrogens with zero attached hydrogens (tertiary/aromatic N) is 2. The number of rotatable bonds is 6. The van der Waals surface area contributed by atoms with Crippen LogP contribution in [0.15, 0.2) is 11.0 Å². The minimum Gasteiger partial charge on any atom is -0.449 e. The van der Waals surface area contributed by atoms with Crippen LogP contribution in [0.1, 0.15) is 44.9 Å². The molecule has 1 saturated heterocycles. The summed E-state index contributed by atoms with van der Waals surface area (Å²) in [6.07, 6.45) is 4.33. The zero-order valence-electron chi connectivity index (χ0n) is 14.7. The van der Waals surface area contributed by atoms with Gasteiger partial charge in [0.15, 0.2) is 12.0 Å². The van der Waals surface area contributed by atoms with Gasteiger partial charge < -0.3 is 19.7 Å². The van der Waals surface area contributed by atoms with E-state index >= 15 is 0 Å². The van der Waals surface area contributed by atoms with E-state index in [1.165, 1.54) is 6.20 Å². The van der Waals surface area contributed by atoms with Crippen molar-refractivity contribution >= 4 is 11.9 Å². The second kappa shape index (κ2) is 8.80. The smallest absolute Gasteiger partial charge is 0.412 e. The lowest BCUT2D eigenvalue weighted by Gasteiger charge is -2.18. The first-order valence-electron chi connectivity index (χ1n) is 8.44. The zero-order chi connectivity index (χ0) is 19.3. The van der Waals surface area contributed by atoms with Gasteiger partial charge in [-0.2, -0.15) is 4.98 Å². The quantitative estimate of drug-likeness (QED) is 0.498. The molecule has 0 aromatic carbocycles. The van der Waals surface area contributed by atoms with E-state index < -0.39 is 36.3 Å². The van der Waals surface area contributed by atoms with Crippen LogP contribution in [0.4, 0.5) is 10.6 Å². The molecule has 1 aromatic rings. The Labute approximate surface area is 151 Å². The van der Waals surface area contributed by atoms with Gasteiger partial charge in [0.25, 0.3) is 0 Å². The number of aromatic nitrogens is 2. The van der Waals surface area contributed by atoms with Gasteiger partial charge in [0, 0.05) is 6.20 Å². The van der Waals surface area contributed by atoms with Gasteiger partial charge >= 0.3 is 11.8 Å². The van der Waals surface area contributed by atoms with E-state index in [0.717, 1.165) is 23.8 Å². The van der Waals surface area contributed by atoms with Crippen molar-refractivity contribution in [2.24, 2.45) is 0 Å². The van der Waals surface area contributed by atoms with E-state index in [0.29, 0.717) is 0 Å². The average molecular weight is 365 g/mol. The summed E-state index contributed by atoms with van der Waals surface area (Å²) < 4.78 is 11.4. The molecule has 0 radical (unpaired) electrons. The molecule has 26 heavy (non-hydrogen) atoms. The molecule has 1 aliphatic heterocycles. The molecule has 2 rings (SSSR count). The number of amides is 1. The van der Waals surface area contributed by atoms with Crippen molar-refractivity contribution in [1.82, 2.24) is 9.55 Å². The van der Waals surface area contributed by atoms with Crippen molar-refractivity contribution in [3.8, 4) is 12.3 Å². The summed E-state index contributed by atoms with van der Waals surface area (Å²) in [6.45, 7) is 3.85. The Morgan fingerprint density at radius 3 is 2.77 bits per heavy atom. The first-order chi connectivity index (χ1) is 12.4. The highest BCUT2D eigenvalue weighted by molar-refractivity contribution is 5.84. The maximum Gasteiger partial charge on any atom is 0.412 e. The van der Waals surface area contributed by atoms with E-state index in [4.69, 9.17) is 15.9 Å². The van der Waals surface area contributed by atoms with E-state index in [1.54, 1.807) is 6.92 Å². The molecule has 1 aliphatic rings. The van der Waals surface area contributed by atoms with E-state index in [9.17, 15) is 19.8 Å². The molecule has 0 spiro atoms. The number of terminal acetylenes is 1. The van der Waals surface area contributed by atoms with Crippen LogP contribution < -0.4 is 11.0 Å². The molecule has 4 atom stereocenters. The van der Waals surface area contributed by atoms with Crippen LogP contribution in [-0.4, -0.2) is 50.8 Å². The molecule has 0 aliphatic carbocycles. The van der Waals surface area contributed by atoms with Gasteiger partial charge in [-0.05, 0) is 13.3 Å². The lowest BCUT2D eigenvalue weighted by Crippen LogP contribution is -2.36. The van der Waals surface area contributed by atoms with Crippen LogP contribution in [-0.2, 0) is 9.47 Å². The number of ether oxygens (including phenoxy) is 2.